The van der Waals surface area contributed by atoms with Crippen molar-refractivity contribution < 1.29 is 9.15 Å². The Kier molecular flexibility index (Phi) is 3.98. The van der Waals surface area contributed by atoms with Gasteiger partial charge in [-0.05, 0) is 19.4 Å². The maximum Gasteiger partial charge on any atom is 0.122 e. The molecule has 4 heteroatoms. The monoisotopic (exact) mass is 224 g/mol. The van der Waals surface area contributed by atoms with Crippen LogP contribution in [0.2, 0.25) is 0 Å². The zero-order valence-electron chi connectivity index (χ0n) is 9.82. The lowest BCUT2D eigenvalue weighted by Crippen LogP contribution is -2.30. The Morgan fingerprint density at radius 1 is 1.56 bits per heavy atom. The lowest BCUT2D eigenvalue weighted by molar-refractivity contribution is 0.0658. The fourth-order valence-electron chi connectivity index (χ4n) is 2.11. The van der Waals surface area contributed by atoms with E-state index in [4.69, 9.17) is 14.9 Å². The zero-order valence-corrected chi connectivity index (χ0v) is 9.82. The van der Waals surface area contributed by atoms with Gasteiger partial charge in [-0.1, -0.05) is 0 Å². The average molecular weight is 224 g/mol. The van der Waals surface area contributed by atoms with Gasteiger partial charge in [-0.25, -0.2) is 0 Å². The lowest BCUT2D eigenvalue weighted by Gasteiger charge is -2.20. The van der Waals surface area contributed by atoms with Crippen molar-refractivity contribution in [2.75, 3.05) is 19.7 Å². The summed E-state index contributed by atoms with van der Waals surface area (Å²) in [5, 5.41) is 0. The van der Waals surface area contributed by atoms with Crippen LogP contribution in [-0.4, -0.2) is 30.7 Å². The normalized spacial score (nSPS) is 23.2. The molecule has 1 aliphatic heterocycles. The molecule has 1 atom stereocenters. The van der Waals surface area contributed by atoms with E-state index in [9.17, 15) is 0 Å². The summed E-state index contributed by atoms with van der Waals surface area (Å²) in [6.45, 7) is 6.39. The van der Waals surface area contributed by atoms with Crippen LogP contribution in [0.4, 0.5) is 0 Å². The third-order valence-corrected chi connectivity index (χ3v) is 2.96. The van der Waals surface area contributed by atoms with Crippen molar-refractivity contribution in [3.8, 4) is 0 Å². The Balaban J connectivity index is 1.97. The fourth-order valence-corrected chi connectivity index (χ4v) is 2.11. The van der Waals surface area contributed by atoms with Crippen LogP contribution in [0, 0.1) is 0 Å². The molecule has 2 rings (SSSR count). The Hall–Kier alpha value is -0.840. The summed E-state index contributed by atoms with van der Waals surface area (Å²) in [6.07, 6.45) is 3.11. The second-order valence-corrected chi connectivity index (χ2v) is 4.34. The van der Waals surface area contributed by atoms with Crippen molar-refractivity contribution in [1.29, 1.82) is 0 Å². The minimum Gasteiger partial charge on any atom is -0.468 e. The number of ether oxygens (including phenoxy) is 1. The highest BCUT2D eigenvalue weighted by Crippen LogP contribution is 2.15. The van der Waals surface area contributed by atoms with E-state index in [2.05, 4.69) is 11.8 Å². The van der Waals surface area contributed by atoms with Crippen molar-refractivity contribution in [3.05, 3.63) is 23.7 Å². The topological polar surface area (TPSA) is 51.6 Å². The molecule has 90 valence electrons. The largest absolute Gasteiger partial charge is 0.468 e. The van der Waals surface area contributed by atoms with Crippen LogP contribution >= 0.6 is 0 Å². The predicted molar refractivity (Wildman–Crippen MR) is 61.9 cm³/mol. The van der Waals surface area contributed by atoms with E-state index >= 15 is 0 Å². The molecule has 2 heterocycles. The molecule has 0 aliphatic carbocycles. The summed E-state index contributed by atoms with van der Waals surface area (Å²) in [4.78, 5) is 2.37. The molecule has 0 aromatic carbocycles. The molecule has 1 aromatic rings. The van der Waals surface area contributed by atoms with Crippen LogP contribution in [0.1, 0.15) is 24.7 Å². The van der Waals surface area contributed by atoms with Gasteiger partial charge >= 0.3 is 0 Å². The predicted octanol–water partition coefficient (Wildman–Crippen LogP) is 1.35. The Bertz CT molecular complexity index is 325. The molecule has 0 spiro atoms. The molecular weight excluding hydrogens is 204 g/mol. The van der Waals surface area contributed by atoms with E-state index in [-0.39, 0.29) is 0 Å². The number of nitrogens with two attached hydrogens (primary N) is 1. The van der Waals surface area contributed by atoms with Crippen LogP contribution in [0.25, 0.3) is 0 Å². The summed E-state index contributed by atoms with van der Waals surface area (Å²) < 4.78 is 11.1. The summed E-state index contributed by atoms with van der Waals surface area (Å²) in [5.74, 6) is 0.997. The van der Waals surface area contributed by atoms with Crippen LogP contribution < -0.4 is 5.73 Å². The van der Waals surface area contributed by atoms with Crippen molar-refractivity contribution in [3.63, 3.8) is 0 Å². The number of rotatable bonds is 3. The van der Waals surface area contributed by atoms with Gasteiger partial charge in [0.15, 0.2) is 0 Å². The van der Waals surface area contributed by atoms with Gasteiger partial charge < -0.3 is 14.9 Å². The Labute approximate surface area is 96.4 Å². The molecule has 1 fully saturated rings. The van der Waals surface area contributed by atoms with E-state index in [1.807, 2.05) is 6.07 Å². The van der Waals surface area contributed by atoms with E-state index in [1.165, 1.54) is 0 Å². The molecule has 0 saturated carbocycles. The van der Waals surface area contributed by atoms with Crippen molar-refractivity contribution in [2.24, 2.45) is 5.73 Å². The molecule has 0 bridgehead atoms. The summed E-state index contributed by atoms with van der Waals surface area (Å²) in [5.41, 5.74) is 6.76. The van der Waals surface area contributed by atoms with Crippen LogP contribution in [-0.2, 0) is 17.8 Å². The standard InChI is InChI=1S/C12H20N2O2/c1-10-8-14(4-2-5-15-10)9-12-11(7-13)3-6-16-12/h3,6,10H,2,4-5,7-9,13H2,1H3. The van der Waals surface area contributed by atoms with Crippen molar-refractivity contribution in [2.45, 2.75) is 32.5 Å². The molecule has 16 heavy (non-hydrogen) atoms. The van der Waals surface area contributed by atoms with Gasteiger partial charge in [0.25, 0.3) is 0 Å². The van der Waals surface area contributed by atoms with E-state index in [0.29, 0.717) is 12.6 Å². The first-order chi connectivity index (χ1) is 7.79. The van der Waals surface area contributed by atoms with Crippen molar-refractivity contribution >= 4 is 0 Å². The SMILES string of the molecule is CC1CN(Cc2occc2CN)CCCO1. The molecule has 1 saturated heterocycles. The van der Waals surface area contributed by atoms with Gasteiger partial charge in [-0.2, -0.15) is 0 Å². The maximum atomic E-state index is 5.66. The van der Waals surface area contributed by atoms with Gasteiger partial charge in [0.1, 0.15) is 5.76 Å². The molecule has 0 amide bonds. The van der Waals surface area contributed by atoms with Gasteiger partial charge in [0.2, 0.25) is 0 Å². The van der Waals surface area contributed by atoms with Crippen LogP contribution in [0.5, 0.6) is 0 Å². The quantitative estimate of drug-likeness (QED) is 0.842. The Morgan fingerprint density at radius 2 is 2.44 bits per heavy atom. The third-order valence-electron chi connectivity index (χ3n) is 2.96. The number of hydrogen-bond acceptors (Lipinski definition) is 4. The summed E-state index contributed by atoms with van der Waals surface area (Å²) in [6, 6.07) is 1.95. The maximum absolute atomic E-state index is 5.66. The van der Waals surface area contributed by atoms with Gasteiger partial charge in [0, 0.05) is 31.8 Å². The Morgan fingerprint density at radius 3 is 3.25 bits per heavy atom. The minimum absolute atomic E-state index is 0.304. The molecule has 4 nitrogen and oxygen atoms in total. The van der Waals surface area contributed by atoms with Crippen LogP contribution in [0.15, 0.2) is 16.7 Å². The molecule has 1 unspecified atom stereocenters. The highest BCUT2D eigenvalue weighted by atomic mass is 16.5. The first-order valence-electron chi connectivity index (χ1n) is 5.89. The van der Waals surface area contributed by atoms with Gasteiger partial charge in [-0.15, -0.1) is 0 Å². The average Bonchev–Trinajstić information content (AvgIpc) is 2.61. The molecular formula is C12H20N2O2. The summed E-state index contributed by atoms with van der Waals surface area (Å²) >= 11 is 0. The molecule has 1 aliphatic rings. The summed E-state index contributed by atoms with van der Waals surface area (Å²) in [7, 11) is 0. The fraction of sp³-hybridized carbons (Fsp3) is 0.667. The molecule has 2 N–H and O–H groups in total. The van der Waals surface area contributed by atoms with E-state index < -0.39 is 0 Å². The second kappa shape index (κ2) is 5.48. The van der Waals surface area contributed by atoms with Gasteiger partial charge in [-0.3, -0.25) is 4.90 Å². The first kappa shape index (κ1) is 11.6. The first-order valence-corrected chi connectivity index (χ1v) is 5.89. The van der Waals surface area contributed by atoms with Crippen LogP contribution in [0.3, 0.4) is 0 Å². The minimum atomic E-state index is 0.304. The van der Waals surface area contributed by atoms with E-state index in [0.717, 1.165) is 44.0 Å². The molecule has 1 aromatic heterocycles. The van der Waals surface area contributed by atoms with Crippen molar-refractivity contribution in [1.82, 2.24) is 4.90 Å². The third kappa shape index (κ3) is 2.84. The molecule has 0 radical (unpaired) electrons. The van der Waals surface area contributed by atoms with Gasteiger partial charge in [0.05, 0.1) is 18.9 Å². The number of hydrogen-bond donors (Lipinski definition) is 1. The number of furan rings is 1. The second-order valence-electron chi connectivity index (χ2n) is 4.34. The smallest absolute Gasteiger partial charge is 0.122 e. The highest BCUT2D eigenvalue weighted by molar-refractivity contribution is 5.16. The lowest BCUT2D eigenvalue weighted by atomic mass is 10.2. The van der Waals surface area contributed by atoms with E-state index in [1.54, 1.807) is 6.26 Å². The zero-order chi connectivity index (χ0) is 11.4. The highest BCUT2D eigenvalue weighted by Gasteiger charge is 2.17. The number of nitrogens with zero attached hydrogens (tertiary/aromatic N) is 1.